The SMILES string of the molecule is Cn1nc(-c2cc(O)cc(CC[C@H]3CCCCN3)c2)nc1N1CCOCC1. The van der Waals surface area contributed by atoms with Crippen molar-refractivity contribution in [1.82, 2.24) is 20.1 Å². The van der Waals surface area contributed by atoms with E-state index >= 15 is 0 Å². The van der Waals surface area contributed by atoms with Gasteiger partial charge in [-0.1, -0.05) is 6.42 Å². The lowest BCUT2D eigenvalue weighted by Gasteiger charge is -2.26. The van der Waals surface area contributed by atoms with Gasteiger partial charge in [-0.25, -0.2) is 4.68 Å². The highest BCUT2D eigenvalue weighted by molar-refractivity contribution is 5.60. The molecule has 0 bridgehead atoms. The minimum absolute atomic E-state index is 0.277. The summed E-state index contributed by atoms with van der Waals surface area (Å²) in [6.45, 7) is 4.21. The zero-order chi connectivity index (χ0) is 18.6. The van der Waals surface area contributed by atoms with Gasteiger partial charge in [-0.2, -0.15) is 4.98 Å². The number of phenolic OH excluding ortho intramolecular Hbond substituents is 1. The summed E-state index contributed by atoms with van der Waals surface area (Å²) in [5, 5.41) is 18.4. The maximum absolute atomic E-state index is 10.2. The van der Waals surface area contributed by atoms with Crippen LogP contribution in [0.3, 0.4) is 0 Å². The molecule has 0 unspecified atom stereocenters. The molecular weight excluding hydrogens is 342 g/mol. The van der Waals surface area contributed by atoms with E-state index in [9.17, 15) is 5.11 Å². The van der Waals surface area contributed by atoms with Crippen LogP contribution in [0.25, 0.3) is 11.4 Å². The molecule has 1 aromatic carbocycles. The van der Waals surface area contributed by atoms with Crippen molar-refractivity contribution < 1.29 is 9.84 Å². The van der Waals surface area contributed by atoms with Crippen LogP contribution in [0.4, 0.5) is 5.95 Å². The molecule has 27 heavy (non-hydrogen) atoms. The molecule has 3 heterocycles. The third kappa shape index (κ3) is 4.42. The van der Waals surface area contributed by atoms with Crippen molar-refractivity contribution in [3.05, 3.63) is 23.8 Å². The number of ether oxygens (including phenoxy) is 1. The second kappa shape index (κ2) is 8.27. The van der Waals surface area contributed by atoms with E-state index in [0.29, 0.717) is 25.1 Å². The van der Waals surface area contributed by atoms with Crippen LogP contribution in [0, 0.1) is 0 Å². The van der Waals surface area contributed by atoms with E-state index in [4.69, 9.17) is 9.72 Å². The van der Waals surface area contributed by atoms with Crippen molar-refractivity contribution >= 4 is 5.95 Å². The first kappa shape index (κ1) is 18.3. The van der Waals surface area contributed by atoms with E-state index in [-0.39, 0.29) is 5.75 Å². The van der Waals surface area contributed by atoms with E-state index in [1.165, 1.54) is 19.3 Å². The highest BCUT2D eigenvalue weighted by Crippen LogP contribution is 2.26. The average Bonchev–Trinajstić information content (AvgIpc) is 3.09. The van der Waals surface area contributed by atoms with Gasteiger partial charge in [0.15, 0.2) is 5.82 Å². The van der Waals surface area contributed by atoms with Crippen molar-refractivity contribution in [2.75, 3.05) is 37.7 Å². The Hall–Kier alpha value is -2.12. The number of aromatic nitrogens is 3. The molecular formula is C20H29N5O2. The first-order valence-electron chi connectivity index (χ1n) is 9.99. The number of nitrogens with one attached hydrogen (secondary N) is 1. The van der Waals surface area contributed by atoms with Crippen LogP contribution in [0.1, 0.15) is 31.2 Å². The quantitative estimate of drug-likeness (QED) is 0.838. The summed E-state index contributed by atoms with van der Waals surface area (Å²) in [6, 6.07) is 6.31. The zero-order valence-electron chi connectivity index (χ0n) is 16.0. The molecule has 1 aromatic heterocycles. The molecule has 0 amide bonds. The van der Waals surface area contributed by atoms with Crippen molar-refractivity contribution in [3.8, 4) is 17.1 Å². The Morgan fingerprint density at radius 2 is 2.07 bits per heavy atom. The number of hydrogen-bond donors (Lipinski definition) is 2. The molecule has 0 aliphatic carbocycles. The minimum Gasteiger partial charge on any atom is -0.508 e. The first-order chi connectivity index (χ1) is 13.2. The summed E-state index contributed by atoms with van der Waals surface area (Å²) in [6.07, 6.45) is 5.88. The van der Waals surface area contributed by atoms with Crippen LogP contribution in [0.15, 0.2) is 18.2 Å². The average molecular weight is 371 g/mol. The Bertz CT molecular complexity index is 764. The topological polar surface area (TPSA) is 75.4 Å². The van der Waals surface area contributed by atoms with Gasteiger partial charge in [-0.05, 0) is 56.0 Å². The number of morpholine rings is 1. The molecule has 1 atom stereocenters. The fourth-order valence-corrected chi connectivity index (χ4v) is 4.00. The number of anilines is 1. The highest BCUT2D eigenvalue weighted by Gasteiger charge is 2.19. The number of aryl methyl sites for hydroxylation is 2. The minimum atomic E-state index is 0.277. The summed E-state index contributed by atoms with van der Waals surface area (Å²) in [5.41, 5.74) is 2.01. The van der Waals surface area contributed by atoms with Crippen molar-refractivity contribution in [2.24, 2.45) is 7.05 Å². The molecule has 146 valence electrons. The van der Waals surface area contributed by atoms with Gasteiger partial charge < -0.3 is 20.1 Å². The summed E-state index contributed by atoms with van der Waals surface area (Å²) < 4.78 is 7.24. The molecule has 0 saturated carbocycles. The van der Waals surface area contributed by atoms with Gasteiger partial charge in [0, 0.05) is 31.7 Å². The third-order valence-electron chi connectivity index (χ3n) is 5.46. The lowest BCUT2D eigenvalue weighted by Crippen LogP contribution is -2.37. The standard InChI is InChI=1S/C20H29N5O2/c1-24-20(25-8-10-27-11-9-25)22-19(23-24)16-12-15(13-18(26)14-16)5-6-17-4-2-3-7-21-17/h12-14,17,21,26H,2-11H2,1H3/t17-/m1/s1. The smallest absolute Gasteiger partial charge is 0.224 e. The van der Waals surface area contributed by atoms with E-state index in [1.54, 1.807) is 6.07 Å². The normalized spacial score (nSPS) is 20.8. The molecule has 7 nitrogen and oxygen atoms in total. The van der Waals surface area contributed by atoms with Gasteiger partial charge in [0.2, 0.25) is 5.95 Å². The van der Waals surface area contributed by atoms with Gasteiger partial charge >= 0.3 is 0 Å². The monoisotopic (exact) mass is 371 g/mol. The van der Waals surface area contributed by atoms with Gasteiger partial charge in [0.1, 0.15) is 5.75 Å². The summed E-state index contributed by atoms with van der Waals surface area (Å²) in [4.78, 5) is 6.93. The predicted octanol–water partition coefficient (Wildman–Crippen LogP) is 2.10. The molecule has 2 aromatic rings. The van der Waals surface area contributed by atoms with E-state index in [2.05, 4.69) is 21.4 Å². The Labute approximate surface area is 160 Å². The number of benzene rings is 1. The first-order valence-corrected chi connectivity index (χ1v) is 9.99. The van der Waals surface area contributed by atoms with Crippen molar-refractivity contribution in [2.45, 2.75) is 38.1 Å². The molecule has 0 radical (unpaired) electrons. The fourth-order valence-electron chi connectivity index (χ4n) is 4.00. The van der Waals surface area contributed by atoms with E-state index < -0.39 is 0 Å². The molecule has 7 heteroatoms. The number of phenols is 1. The summed E-state index contributed by atoms with van der Waals surface area (Å²) in [7, 11) is 1.92. The Kier molecular flexibility index (Phi) is 5.59. The molecule has 2 fully saturated rings. The number of rotatable bonds is 5. The number of hydrogen-bond acceptors (Lipinski definition) is 6. The predicted molar refractivity (Wildman–Crippen MR) is 105 cm³/mol. The lowest BCUT2D eigenvalue weighted by molar-refractivity contribution is 0.121. The zero-order valence-corrected chi connectivity index (χ0v) is 16.0. The van der Waals surface area contributed by atoms with Crippen LogP contribution in [-0.2, 0) is 18.2 Å². The third-order valence-corrected chi connectivity index (χ3v) is 5.46. The van der Waals surface area contributed by atoms with Gasteiger partial charge in [0.05, 0.1) is 13.2 Å². The van der Waals surface area contributed by atoms with Gasteiger partial charge in [-0.15, -0.1) is 5.10 Å². The van der Waals surface area contributed by atoms with Crippen LogP contribution >= 0.6 is 0 Å². The molecule has 0 spiro atoms. The second-order valence-corrected chi connectivity index (χ2v) is 7.53. The van der Waals surface area contributed by atoms with Crippen molar-refractivity contribution in [3.63, 3.8) is 0 Å². The number of aromatic hydroxyl groups is 1. The Balaban J connectivity index is 1.50. The summed E-state index contributed by atoms with van der Waals surface area (Å²) in [5.74, 6) is 1.79. The maximum Gasteiger partial charge on any atom is 0.224 e. The fraction of sp³-hybridized carbons (Fsp3) is 0.600. The lowest BCUT2D eigenvalue weighted by atomic mass is 9.97. The van der Waals surface area contributed by atoms with Gasteiger partial charge in [0.25, 0.3) is 0 Å². The second-order valence-electron chi connectivity index (χ2n) is 7.53. The highest BCUT2D eigenvalue weighted by atomic mass is 16.5. The number of piperidine rings is 1. The van der Waals surface area contributed by atoms with Crippen molar-refractivity contribution in [1.29, 1.82) is 0 Å². The van der Waals surface area contributed by atoms with Crippen LogP contribution in [0.5, 0.6) is 5.75 Å². The van der Waals surface area contributed by atoms with Crippen LogP contribution in [0.2, 0.25) is 0 Å². The van der Waals surface area contributed by atoms with E-state index in [1.807, 2.05) is 17.8 Å². The Morgan fingerprint density at radius 3 is 2.85 bits per heavy atom. The molecule has 2 saturated heterocycles. The van der Waals surface area contributed by atoms with E-state index in [0.717, 1.165) is 49.6 Å². The molecule has 2 aliphatic rings. The largest absolute Gasteiger partial charge is 0.508 e. The number of nitrogens with zero attached hydrogens (tertiary/aromatic N) is 4. The Morgan fingerprint density at radius 1 is 1.22 bits per heavy atom. The molecule has 4 rings (SSSR count). The maximum atomic E-state index is 10.2. The summed E-state index contributed by atoms with van der Waals surface area (Å²) >= 11 is 0. The molecule has 2 aliphatic heterocycles. The van der Waals surface area contributed by atoms with Crippen LogP contribution in [-0.4, -0.2) is 58.8 Å². The molecule has 2 N–H and O–H groups in total. The van der Waals surface area contributed by atoms with Crippen LogP contribution < -0.4 is 10.2 Å². The van der Waals surface area contributed by atoms with Gasteiger partial charge in [-0.3, -0.25) is 0 Å².